The fourth-order valence-electron chi connectivity index (χ4n) is 2.86. The molecule has 0 aliphatic rings. The Kier molecular flexibility index (Phi) is 6.59. The number of esters is 1. The summed E-state index contributed by atoms with van der Waals surface area (Å²) in [5, 5.41) is 9.48. The van der Waals surface area contributed by atoms with Gasteiger partial charge in [-0.2, -0.15) is 5.10 Å². The van der Waals surface area contributed by atoms with Crippen LogP contribution >= 0.6 is 0 Å². The largest absolute Gasteiger partial charge is 0.452 e. The topological polar surface area (TPSA) is 102 Å². The predicted molar refractivity (Wildman–Crippen MR) is 112 cm³/mol. The van der Waals surface area contributed by atoms with Crippen molar-refractivity contribution in [1.29, 1.82) is 0 Å². The van der Waals surface area contributed by atoms with Crippen molar-refractivity contribution in [2.24, 2.45) is 7.05 Å². The number of carbonyl (C=O) groups excluding carboxylic acids is 3. The molecule has 30 heavy (non-hydrogen) atoms. The van der Waals surface area contributed by atoms with Crippen molar-refractivity contribution < 1.29 is 19.1 Å². The molecule has 0 atom stereocenters. The Balaban J connectivity index is 1.59. The number of nitrogens with zero attached hydrogens (tertiary/aromatic N) is 2. The first kappa shape index (κ1) is 20.8. The predicted octanol–water partition coefficient (Wildman–Crippen LogP) is 2.71. The monoisotopic (exact) mass is 406 g/mol. The molecule has 154 valence electrons. The highest BCUT2D eigenvalue weighted by atomic mass is 16.5. The molecule has 0 aliphatic carbocycles. The molecule has 2 amide bonds. The summed E-state index contributed by atoms with van der Waals surface area (Å²) in [5.74, 6) is -0.952. The summed E-state index contributed by atoms with van der Waals surface area (Å²) >= 11 is 0. The minimum Gasteiger partial charge on any atom is -0.452 e. The summed E-state index contributed by atoms with van der Waals surface area (Å²) in [7, 11) is 1.70. The van der Waals surface area contributed by atoms with Gasteiger partial charge < -0.3 is 15.4 Å². The molecular weight excluding hydrogens is 384 g/mol. The highest BCUT2D eigenvalue weighted by molar-refractivity contribution is 6.02. The number of aromatic nitrogens is 2. The number of hydrogen-bond donors (Lipinski definition) is 2. The van der Waals surface area contributed by atoms with Crippen LogP contribution in [0.25, 0.3) is 0 Å². The van der Waals surface area contributed by atoms with Crippen LogP contribution in [-0.2, 0) is 27.8 Å². The van der Waals surface area contributed by atoms with E-state index in [0.29, 0.717) is 11.5 Å². The maximum Gasteiger partial charge on any atom is 0.340 e. The van der Waals surface area contributed by atoms with Crippen LogP contribution < -0.4 is 10.6 Å². The van der Waals surface area contributed by atoms with Crippen molar-refractivity contribution in [2.75, 3.05) is 17.2 Å². The standard InChI is InChI=1S/C22H22N4O4/c1-15-12-19(26(2)25-15)24-21(28)14-30-22(29)17-10-6-7-11-18(17)23-20(27)13-16-8-4-3-5-9-16/h3-12H,13-14H2,1-2H3,(H,23,27)(H,24,28). The van der Waals surface area contributed by atoms with Gasteiger partial charge in [0, 0.05) is 13.1 Å². The van der Waals surface area contributed by atoms with Gasteiger partial charge in [0.15, 0.2) is 6.61 Å². The van der Waals surface area contributed by atoms with Crippen molar-refractivity contribution in [3.63, 3.8) is 0 Å². The number of rotatable bonds is 7. The first-order valence-electron chi connectivity index (χ1n) is 9.33. The molecule has 3 aromatic rings. The number of ether oxygens (including phenoxy) is 1. The second-order valence-corrected chi connectivity index (χ2v) is 6.68. The zero-order valence-electron chi connectivity index (χ0n) is 16.7. The Morgan fingerprint density at radius 2 is 1.67 bits per heavy atom. The Labute approximate surface area is 173 Å². The molecule has 0 radical (unpaired) electrons. The van der Waals surface area contributed by atoms with Crippen molar-refractivity contribution in [2.45, 2.75) is 13.3 Å². The number of carbonyl (C=O) groups is 3. The molecule has 2 N–H and O–H groups in total. The van der Waals surface area contributed by atoms with Crippen LogP contribution in [0.1, 0.15) is 21.6 Å². The Bertz CT molecular complexity index is 1060. The Morgan fingerprint density at radius 1 is 0.967 bits per heavy atom. The average Bonchev–Trinajstić information content (AvgIpc) is 3.04. The van der Waals surface area contributed by atoms with Crippen LogP contribution in [-0.4, -0.2) is 34.2 Å². The average molecular weight is 406 g/mol. The van der Waals surface area contributed by atoms with E-state index in [1.165, 1.54) is 10.7 Å². The van der Waals surface area contributed by atoms with Gasteiger partial charge in [0.1, 0.15) is 5.82 Å². The molecule has 0 spiro atoms. The number of hydrogen-bond acceptors (Lipinski definition) is 5. The minimum atomic E-state index is -0.707. The lowest BCUT2D eigenvalue weighted by atomic mass is 10.1. The summed E-state index contributed by atoms with van der Waals surface area (Å²) < 4.78 is 6.64. The van der Waals surface area contributed by atoms with E-state index >= 15 is 0 Å². The first-order chi connectivity index (χ1) is 14.4. The quantitative estimate of drug-likeness (QED) is 0.588. The van der Waals surface area contributed by atoms with Crippen molar-refractivity contribution in [1.82, 2.24) is 9.78 Å². The minimum absolute atomic E-state index is 0.170. The summed E-state index contributed by atoms with van der Waals surface area (Å²) in [5.41, 5.74) is 2.11. The van der Waals surface area contributed by atoms with Gasteiger partial charge in [-0.1, -0.05) is 42.5 Å². The second kappa shape index (κ2) is 9.51. The first-order valence-corrected chi connectivity index (χ1v) is 9.33. The fourth-order valence-corrected chi connectivity index (χ4v) is 2.86. The van der Waals surface area contributed by atoms with Gasteiger partial charge in [0.25, 0.3) is 5.91 Å². The van der Waals surface area contributed by atoms with Crippen molar-refractivity contribution in [3.8, 4) is 0 Å². The molecule has 0 saturated carbocycles. The molecule has 0 saturated heterocycles. The van der Waals surface area contributed by atoms with E-state index in [-0.39, 0.29) is 17.9 Å². The molecule has 2 aromatic carbocycles. The van der Waals surface area contributed by atoms with Crippen LogP contribution in [0.5, 0.6) is 0 Å². The van der Waals surface area contributed by atoms with Gasteiger partial charge in [0.2, 0.25) is 5.91 Å². The van der Waals surface area contributed by atoms with Gasteiger partial charge in [-0.3, -0.25) is 14.3 Å². The molecular formula is C22H22N4O4. The van der Waals surface area contributed by atoms with E-state index in [1.807, 2.05) is 30.3 Å². The van der Waals surface area contributed by atoms with Gasteiger partial charge in [-0.05, 0) is 24.6 Å². The summed E-state index contributed by atoms with van der Waals surface area (Å²) in [4.78, 5) is 36.9. The number of anilines is 2. The van der Waals surface area contributed by atoms with Gasteiger partial charge >= 0.3 is 5.97 Å². The summed E-state index contributed by atoms with van der Waals surface area (Å²) in [6.07, 6.45) is 0.177. The lowest BCUT2D eigenvalue weighted by Crippen LogP contribution is -2.23. The number of amides is 2. The number of benzene rings is 2. The van der Waals surface area contributed by atoms with Gasteiger partial charge in [-0.25, -0.2) is 4.79 Å². The zero-order chi connectivity index (χ0) is 21.5. The van der Waals surface area contributed by atoms with E-state index in [2.05, 4.69) is 15.7 Å². The molecule has 0 bridgehead atoms. The van der Waals surface area contributed by atoms with E-state index in [4.69, 9.17) is 4.74 Å². The van der Waals surface area contributed by atoms with E-state index < -0.39 is 18.5 Å². The molecule has 0 fully saturated rings. The Hall–Kier alpha value is -3.94. The van der Waals surface area contributed by atoms with E-state index in [1.54, 1.807) is 38.2 Å². The maximum atomic E-state index is 12.5. The summed E-state index contributed by atoms with van der Waals surface area (Å²) in [6, 6.07) is 17.5. The second-order valence-electron chi connectivity index (χ2n) is 6.68. The highest BCUT2D eigenvalue weighted by Gasteiger charge is 2.16. The van der Waals surface area contributed by atoms with E-state index in [9.17, 15) is 14.4 Å². The van der Waals surface area contributed by atoms with Crippen LogP contribution in [0.3, 0.4) is 0 Å². The van der Waals surface area contributed by atoms with Gasteiger partial charge in [0.05, 0.1) is 23.4 Å². The smallest absolute Gasteiger partial charge is 0.340 e. The third-order valence-electron chi connectivity index (χ3n) is 4.23. The molecule has 8 heteroatoms. The van der Waals surface area contributed by atoms with Crippen LogP contribution in [0.2, 0.25) is 0 Å². The van der Waals surface area contributed by atoms with E-state index in [0.717, 1.165) is 11.3 Å². The lowest BCUT2D eigenvalue weighted by Gasteiger charge is -2.11. The number of para-hydroxylation sites is 1. The molecule has 0 unspecified atom stereocenters. The molecule has 8 nitrogen and oxygen atoms in total. The lowest BCUT2D eigenvalue weighted by molar-refractivity contribution is -0.119. The van der Waals surface area contributed by atoms with Crippen LogP contribution in [0, 0.1) is 6.92 Å². The molecule has 1 aromatic heterocycles. The third-order valence-corrected chi connectivity index (χ3v) is 4.23. The molecule has 3 rings (SSSR count). The number of aryl methyl sites for hydroxylation is 2. The normalized spacial score (nSPS) is 10.3. The number of nitrogens with one attached hydrogen (secondary N) is 2. The third kappa shape index (κ3) is 5.54. The summed E-state index contributed by atoms with van der Waals surface area (Å²) in [6.45, 7) is 1.34. The van der Waals surface area contributed by atoms with Crippen LogP contribution in [0.15, 0.2) is 60.7 Å². The molecule has 0 aliphatic heterocycles. The Morgan fingerprint density at radius 3 is 2.37 bits per heavy atom. The maximum absolute atomic E-state index is 12.5. The highest BCUT2D eigenvalue weighted by Crippen LogP contribution is 2.17. The SMILES string of the molecule is Cc1cc(NC(=O)COC(=O)c2ccccc2NC(=O)Cc2ccccc2)n(C)n1. The van der Waals surface area contributed by atoms with Crippen molar-refractivity contribution >= 4 is 29.3 Å². The van der Waals surface area contributed by atoms with Crippen molar-refractivity contribution in [3.05, 3.63) is 77.5 Å². The van der Waals surface area contributed by atoms with Crippen LogP contribution in [0.4, 0.5) is 11.5 Å². The molecule has 1 heterocycles. The zero-order valence-corrected chi connectivity index (χ0v) is 16.7. The fraction of sp³-hybridized carbons (Fsp3) is 0.182. The van der Waals surface area contributed by atoms with Gasteiger partial charge in [-0.15, -0.1) is 0 Å².